The van der Waals surface area contributed by atoms with Crippen LogP contribution in [0.25, 0.3) is 0 Å². The van der Waals surface area contributed by atoms with Gasteiger partial charge < -0.3 is 24.8 Å². The van der Waals surface area contributed by atoms with Crippen LogP contribution in [0, 0.1) is 16.0 Å². The predicted molar refractivity (Wildman–Crippen MR) is 125 cm³/mol. The second-order valence-corrected chi connectivity index (χ2v) is 8.10. The Balaban J connectivity index is 1.53. The zero-order valence-corrected chi connectivity index (χ0v) is 19.8. The molecule has 0 radical (unpaired) electrons. The van der Waals surface area contributed by atoms with E-state index in [2.05, 4.69) is 23.3 Å². The van der Waals surface area contributed by atoms with E-state index in [9.17, 15) is 19.7 Å². The number of amides is 2. The maximum atomic E-state index is 12.0. The Labute approximate surface area is 199 Å². The first-order chi connectivity index (χ1) is 15.9. The van der Waals surface area contributed by atoms with Gasteiger partial charge >= 0.3 is 6.09 Å². The van der Waals surface area contributed by atoms with Gasteiger partial charge in [0.1, 0.15) is 6.10 Å². The molecule has 1 aliphatic carbocycles. The van der Waals surface area contributed by atoms with Crippen LogP contribution >= 0.6 is 12.6 Å². The molecule has 1 aromatic rings. The zero-order valence-electron chi connectivity index (χ0n) is 18.9. The standard InChI is InChI=1S/C22H33N3O7S/c1-16(19-14-17(15-33)6-7-20(19)25(28)29)32-22(27)24-9-11-31-13-12-30-10-8-23-21(26)18-4-2-3-5-18/h6-7,14,16,18,33H,2-5,8-13,15H2,1H3,(H,23,26)(H,24,27). The molecule has 33 heavy (non-hydrogen) atoms. The molecule has 0 spiro atoms. The van der Waals surface area contributed by atoms with Crippen LogP contribution < -0.4 is 10.6 Å². The lowest BCUT2D eigenvalue weighted by atomic mass is 10.1. The molecule has 0 bridgehead atoms. The van der Waals surface area contributed by atoms with Crippen LogP contribution in [0.1, 0.15) is 49.8 Å². The quantitative estimate of drug-likeness (QED) is 0.160. The topological polar surface area (TPSA) is 129 Å². The van der Waals surface area contributed by atoms with Gasteiger partial charge in [0.05, 0.1) is 36.9 Å². The van der Waals surface area contributed by atoms with Crippen molar-refractivity contribution in [3.63, 3.8) is 0 Å². The summed E-state index contributed by atoms with van der Waals surface area (Å²) in [7, 11) is 0. The van der Waals surface area contributed by atoms with Crippen molar-refractivity contribution in [3.8, 4) is 0 Å². The number of thiol groups is 1. The molecule has 1 aromatic carbocycles. The lowest BCUT2D eigenvalue weighted by molar-refractivity contribution is -0.386. The van der Waals surface area contributed by atoms with Crippen molar-refractivity contribution in [1.82, 2.24) is 10.6 Å². The molecule has 0 aromatic heterocycles. The van der Waals surface area contributed by atoms with Crippen molar-refractivity contribution < 1.29 is 28.7 Å². The van der Waals surface area contributed by atoms with E-state index in [0.29, 0.717) is 37.7 Å². The monoisotopic (exact) mass is 483 g/mol. The van der Waals surface area contributed by atoms with Gasteiger partial charge in [-0.05, 0) is 31.4 Å². The van der Waals surface area contributed by atoms with E-state index in [-0.39, 0.29) is 30.7 Å². The van der Waals surface area contributed by atoms with Gasteiger partial charge in [-0.25, -0.2) is 4.79 Å². The average Bonchev–Trinajstić information content (AvgIpc) is 3.34. The number of hydrogen-bond donors (Lipinski definition) is 3. The molecule has 10 nitrogen and oxygen atoms in total. The van der Waals surface area contributed by atoms with Gasteiger partial charge in [-0.3, -0.25) is 14.9 Å². The molecule has 1 aliphatic rings. The molecule has 184 valence electrons. The Kier molecular flexibility index (Phi) is 12.0. The molecule has 1 fully saturated rings. The molecule has 2 rings (SSSR count). The fourth-order valence-corrected chi connectivity index (χ4v) is 3.78. The molecule has 11 heteroatoms. The van der Waals surface area contributed by atoms with E-state index in [1.54, 1.807) is 19.1 Å². The lowest BCUT2D eigenvalue weighted by Gasteiger charge is -2.15. The first-order valence-electron chi connectivity index (χ1n) is 11.2. The fourth-order valence-electron chi connectivity index (χ4n) is 3.59. The molecular weight excluding hydrogens is 450 g/mol. The number of benzene rings is 1. The van der Waals surface area contributed by atoms with Crippen LogP contribution in [0.5, 0.6) is 0 Å². The van der Waals surface area contributed by atoms with E-state index < -0.39 is 17.1 Å². The van der Waals surface area contributed by atoms with Crippen LogP contribution in [-0.2, 0) is 24.8 Å². The molecule has 1 atom stereocenters. The Bertz CT molecular complexity index is 787. The predicted octanol–water partition coefficient (Wildman–Crippen LogP) is 3.15. The number of nitro benzene ring substituents is 1. The number of nitrogens with zero attached hydrogens (tertiary/aromatic N) is 1. The van der Waals surface area contributed by atoms with E-state index in [0.717, 1.165) is 31.2 Å². The highest BCUT2D eigenvalue weighted by Crippen LogP contribution is 2.29. The molecule has 1 saturated carbocycles. The summed E-state index contributed by atoms with van der Waals surface area (Å²) in [5.41, 5.74) is 0.999. The van der Waals surface area contributed by atoms with Crippen molar-refractivity contribution in [2.45, 2.75) is 44.5 Å². The van der Waals surface area contributed by atoms with Gasteiger partial charge in [0.25, 0.3) is 5.69 Å². The summed E-state index contributed by atoms with van der Waals surface area (Å²) >= 11 is 4.17. The van der Waals surface area contributed by atoms with E-state index in [1.807, 2.05) is 0 Å². The smallest absolute Gasteiger partial charge is 0.407 e. The van der Waals surface area contributed by atoms with E-state index in [1.165, 1.54) is 6.07 Å². The molecule has 0 saturated heterocycles. The number of carbonyl (C=O) groups excluding carboxylic acids is 2. The fraction of sp³-hybridized carbons (Fsp3) is 0.636. The summed E-state index contributed by atoms with van der Waals surface area (Å²) in [6.45, 7) is 3.70. The summed E-state index contributed by atoms with van der Waals surface area (Å²) in [4.78, 5) is 34.6. The van der Waals surface area contributed by atoms with E-state index in [4.69, 9.17) is 14.2 Å². The maximum absolute atomic E-state index is 12.0. The number of alkyl carbamates (subject to hydrolysis) is 1. The molecule has 0 aliphatic heterocycles. The van der Waals surface area contributed by atoms with Gasteiger partial charge in [-0.15, -0.1) is 0 Å². The molecule has 2 amide bonds. The summed E-state index contributed by atoms with van der Waals surface area (Å²) in [6.07, 6.45) is 2.72. The van der Waals surface area contributed by atoms with E-state index >= 15 is 0 Å². The minimum Gasteiger partial charge on any atom is -0.441 e. The van der Waals surface area contributed by atoms with Gasteiger partial charge in [-0.1, -0.05) is 18.9 Å². The van der Waals surface area contributed by atoms with Gasteiger partial charge in [0, 0.05) is 30.8 Å². The van der Waals surface area contributed by atoms with Crippen LogP contribution in [-0.4, -0.2) is 56.4 Å². The van der Waals surface area contributed by atoms with Gasteiger partial charge in [-0.2, -0.15) is 12.6 Å². The summed E-state index contributed by atoms with van der Waals surface area (Å²) in [6, 6.07) is 4.62. The highest BCUT2D eigenvalue weighted by Gasteiger charge is 2.23. The van der Waals surface area contributed by atoms with Crippen LogP contribution in [0.4, 0.5) is 10.5 Å². The molecule has 1 unspecified atom stereocenters. The second kappa shape index (κ2) is 14.7. The van der Waals surface area contributed by atoms with Crippen LogP contribution in [0.3, 0.4) is 0 Å². The van der Waals surface area contributed by atoms with Crippen molar-refractivity contribution in [3.05, 3.63) is 39.4 Å². The summed E-state index contributed by atoms with van der Waals surface area (Å²) < 4.78 is 16.1. The number of nitro groups is 1. The largest absolute Gasteiger partial charge is 0.441 e. The third-order valence-corrected chi connectivity index (χ3v) is 5.72. The number of rotatable bonds is 14. The number of ether oxygens (including phenoxy) is 3. The highest BCUT2D eigenvalue weighted by molar-refractivity contribution is 7.79. The number of hydrogen-bond acceptors (Lipinski definition) is 8. The van der Waals surface area contributed by atoms with Crippen molar-refractivity contribution in [2.75, 3.05) is 39.5 Å². The SMILES string of the molecule is CC(OC(=O)NCCOCCOCCNC(=O)C1CCCC1)c1cc(CS)ccc1[N+](=O)[O-]. The van der Waals surface area contributed by atoms with Gasteiger partial charge in [0.2, 0.25) is 5.91 Å². The average molecular weight is 484 g/mol. The molecule has 0 heterocycles. The third-order valence-electron chi connectivity index (χ3n) is 5.35. The Hall–Kier alpha value is -2.37. The first-order valence-corrected chi connectivity index (χ1v) is 11.8. The molecular formula is C22H33N3O7S. The van der Waals surface area contributed by atoms with Gasteiger partial charge in [0.15, 0.2) is 0 Å². The van der Waals surface area contributed by atoms with Crippen LogP contribution in [0.2, 0.25) is 0 Å². The Morgan fingerprint density at radius 1 is 1.12 bits per heavy atom. The Morgan fingerprint density at radius 3 is 2.36 bits per heavy atom. The number of carbonyl (C=O) groups is 2. The minimum absolute atomic E-state index is 0.109. The maximum Gasteiger partial charge on any atom is 0.407 e. The van der Waals surface area contributed by atoms with Crippen molar-refractivity contribution in [2.24, 2.45) is 5.92 Å². The summed E-state index contributed by atoms with van der Waals surface area (Å²) in [5, 5.41) is 16.7. The summed E-state index contributed by atoms with van der Waals surface area (Å²) in [5.74, 6) is 0.688. The van der Waals surface area contributed by atoms with Crippen LogP contribution in [0.15, 0.2) is 18.2 Å². The van der Waals surface area contributed by atoms with Crippen molar-refractivity contribution in [1.29, 1.82) is 0 Å². The highest BCUT2D eigenvalue weighted by atomic mass is 32.1. The minimum atomic E-state index is -0.797. The first kappa shape index (κ1) is 26.9. The Morgan fingerprint density at radius 2 is 1.76 bits per heavy atom. The third kappa shape index (κ3) is 9.56. The molecule has 2 N–H and O–H groups in total. The normalized spacial score (nSPS) is 14.6. The number of nitrogens with one attached hydrogen (secondary N) is 2. The zero-order chi connectivity index (χ0) is 24.1. The lowest BCUT2D eigenvalue weighted by Crippen LogP contribution is -2.32. The van der Waals surface area contributed by atoms with Crippen molar-refractivity contribution >= 4 is 30.3 Å². The second-order valence-electron chi connectivity index (χ2n) is 7.78.